The van der Waals surface area contributed by atoms with Crippen molar-refractivity contribution < 1.29 is 18.4 Å². The minimum atomic E-state index is -0.780. The van der Waals surface area contributed by atoms with E-state index >= 15 is 0 Å². The Kier molecular flexibility index (Phi) is 5.31. The normalized spacial score (nSPS) is 16.1. The van der Waals surface area contributed by atoms with E-state index in [1.165, 1.54) is 22.7 Å². The van der Waals surface area contributed by atoms with Gasteiger partial charge in [-0.05, 0) is 42.0 Å². The van der Waals surface area contributed by atoms with E-state index in [9.17, 15) is 18.4 Å². The topological polar surface area (TPSA) is 49.4 Å². The van der Waals surface area contributed by atoms with Gasteiger partial charge in [-0.3, -0.25) is 14.5 Å². The fourth-order valence-corrected chi connectivity index (χ4v) is 4.30. The minimum Gasteiger partial charge on any atom is -0.322 e. The summed E-state index contributed by atoms with van der Waals surface area (Å²) in [6.45, 7) is 0. The van der Waals surface area contributed by atoms with Crippen molar-refractivity contribution in [3.63, 3.8) is 0 Å². The first kappa shape index (κ1) is 19.1. The van der Waals surface area contributed by atoms with Crippen LogP contribution in [0.25, 0.3) is 0 Å². The lowest BCUT2D eigenvalue weighted by atomic mass is 10.1. The van der Waals surface area contributed by atoms with Crippen LogP contribution in [0, 0.1) is 11.6 Å². The standard InChI is InChI=1S/C22H16F2N2O2S/c23-16-8-11-19(18(24)12-16)26-20(27)13-29-22(26)15-6-9-17(10-7-15)25-21(28)14-4-2-1-3-5-14/h1-12,22H,13H2,(H,25,28)/t22-/m1/s1. The highest BCUT2D eigenvalue weighted by Gasteiger charge is 2.35. The van der Waals surface area contributed by atoms with E-state index in [4.69, 9.17) is 0 Å². The molecule has 0 spiro atoms. The molecule has 1 N–H and O–H groups in total. The van der Waals surface area contributed by atoms with Crippen LogP contribution >= 0.6 is 11.8 Å². The molecule has 1 atom stereocenters. The second kappa shape index (κ2) is 8.05. The van der Waals surface area contributed by atoms with Crippen LogP contribution in [0.2, 0.25) is 0 Å². The molecule has 0 aliphatic carbocycles. The predicted molar refractivity (Wildman–Crippen MR) is 110 cm³/mol. The molecule has 0 saturated carbocycles. The van der Waals surface area contributed by atoms with Crippen LogP contribution in [0.1, 0.15) is 21.3 Å². The quantitative estimate of drug-likeness (QED) is 0.659. The number of rotatable bonds is 4. The van der Waals surface area contributed by atoms with E-state index < -0.39 is 17.0 Å². The van der Waals surface area contributed by atoms with Gasteiger partial charge in [0.25, 0.3) is 5.91 Å². The van der Waals surface area contributed by atoms with Gasteiger partial charge in [0.15, 0.2) is 0 Å². The Morgan fingerprint density at radius 1 is 1.00 bits per heavy atom. The summed E-state index contributed by atoms with van der Waals surface area (Å²) in [4.78, 5) is 26.0. The van der Waals surface area contributed by atoms with Crippen LogP contribution < -0.4 is 10.2 Å². The largest absolute Gasteiger partial charge is 0.322 e. The van der Waals surface area contributed by atoms with Crippen molar-refractivity contribution in [3.05, 3.63) is 95.6 Å². The van der Waals surface area contributed by atoms with Gasteiger partial charge < -0.3 is 5.32 Å². The molecule has 0 radical (unpaired) electrons. The van der Waals surface area contributed by atoms with E-state index in [1.54, 1.807) is 48.5 Å². The van der Waals surface area contributed by atoms with Crippen LogP contribution in [0.3, 0.4) is 0 Å². The van der Waals surface area contributed by atoms with Gasteiger partial charge in [0.05, 0.1) is 11.4 Å². The van der Waals surface area contributed by atoms with Gasteiger partial charge in [0.2, 0.25) is 5.91 Å². The zero-order valence-electron chi connectivity index (χ0n) is 15.1. The molecule has 4 rings (SSSR count). The molecule has 0 unspecified atom stereocenters. The van der Waals surface area contributed by atoms with Crippen LogP contribution in [-0.4, -0.2) is 17.6 Å². The lowest BCUT2D eigenvalue weighted by Crippen LogP contribution is -2.28. The molecular weight excluding hydrogens is 394 g/mol. The van der Waals surface area contributed by atoms with Gasteiger partial charge in [0, 0.05) is 17.3 Å². The van der Waals surface area contributed by atoms with Crippen LogP contribution in [0.5, 0.6) is 0 Å². The fraction of sp³-hybridized carbons (Fsp3) is 0.0909. The maximum absolute atomic E-state index is 14.2. The minimum absolute atomic E-state index is 0.0489. The van der Waals surface area contributed by atoms with Crippen molar-refractivity contribution in [2.45, 2.75) is 5.37 Å². The second-order valence-corrected chi connectivity index (χ2v) is 7.53. The van der Waals surface area contributed by atoms with Gasteiger partial charge in [-0.15, -0.1) is 11.8 Å². The number of anilines is 2. The molecule has 0 aromatic heterocycles. The maximum atomic E-state index is 14.2. The van der Waals surface area contributed by atoms with E-state index in [0.717, 1.165) is 17.7 Å². The van der Waals surface area contributed by atoms with Crippen molar-refractivity contribution in [2.24, 2.45) is 0 Å². The lowest BCUT2D eigenvalue weighted by Gasteiger charge is -2.25. The second-order valence-electron chi connectivity index (χ2n) is 6.46. The summed E-state index contributed by atoms with van der Waals surface area (Å²) in [6, 6.07) is 19.1. The third-order valence-electron chi connectivity index (χ3n) is 4.53. The highest BCUT2D eigenvalue weighted by atomic mass is 32.2. The van der Waals surface area contributed by atoms with Crippen molar-refractivity contribution in [2.75, 3.05) is 16.0 Å². The number of amides is 2. The first-order valence-electron chi connectivity index (χ1n) is 8.88. The summed E-state index contributed by atoms with van der Waals surface area (Å²) in [5.74, 6) is -1.74. The van der Waals surface area contributed by atoms with Crippen LogP contribution in [0.15, 0.2) is 72.8 Å². The van der Waals surface area contributed by atoms with Gasteiger partial charge in [0.1, 0.15) is 17.0 Å². The summed E-state index contributed by atoms with van der Waals surface area (Å²) in [7, 11) is 0. The molecule has 4 nitrogen and oxygen atoms in total. The summed E-state index contributed by atoms with van der Waals surface area (Å²) >= 11 is 1.36. The number of carbonyl (C=O) groups is 2. The van der Waals surface area contributed by atoms with E-state index in [-0.39, 0.29) is 23.3 Å². The molecule has 1 aliphatic rings. The fourth-order valence-electron chi connectivity index (χ4n) is 3.13. The summed E-state index contributed by atoms with van der Waals surface area (Å²) < 4.78 is 27.5. The van der Waals surface area contributed by atoms with E-state index in [0.29, 0.717) is 11.3 Å². The molecule has 3 aromatic carbocycles. The molecule has 0 bridgehead atoms. The Hall–Kier alpha value is -3.19. The monoisotopic (exact) mass is 410 g/mol. The van der Waals surface area contributed by atoms with Crippen LogP contribution in [-0.2, 0) is 4.79 Å². The average molecular weight is 410 g/mol. The predicted octanol–water partition coefficient (Wildman–Crippen LogP) is 5.00. The molecule has 1 heterocycles. The third kappa shape index (κ3) is 4.00. The number of hydrogen-bond acceptors (Lipinski definition) is 3. The molecule has 146 valence electrons. The molecule has 7 heteroatoms. The molecule has 1 saturated heterocycles. The number of thioether (sulfide) groups is 1. The lowest BCUT2D eigenvalue weighted by molar-refractivity contribution is -0.115. The van der Waals surface area contributed by atoms with E-state index in [1.807, 2.05) is 6.07 Å². The third-order valence-corrected chi connectivity index (χ3v) is 5.74. The zero-order valence-corrected chi connectivity index (χ0v) is 16.0. The Morgan fingerprint density at radius 2 is 1.72 bits per heavy atom. The van der Waals surface area contributed by atoms with Crippen molar-refractivity contribution in [1.82, 2.24) is 0 Å². The maximum Gasteiger partial charge on any atom is 0.255 e. The molecule has 3 aromatic rings. The molecule has 29 heavy (non-hydrogen) atoms. The first-order valence-corrected chi connectivity index (χ1v) is 9.93. The Bertz CT molecular complexity index is 1060. The van der Waals surface area contributed by atoms with Crippen molar-refractivity contribution in [3.8, 4) is 0 Å². The molecular formula is C22H16F2N2O2S. The molecule has 2 amide bonds. The number of halogens is 2. The Morgan fingerprint density at radius 3 is 2.41 bits per heavy atom. The van der Waals surface area contributed by atoms with Gasteiger partial charge >= 0.3 is 0 Å². The first-order chi connectivity index (χ1) is 14.0. The Balaban J connectivity index is 1.55. The molecule has 1 fully saturated rings. The SMILES string of the molecule is O=C(Nc1ccc([C@H]2SCC(=O)N2c2ccc(F)cc2F)cc1)c1ccccc1. The smallest absolute Gasteiger partial charge is 0.255 e. The highest BCUT2D eigenvalue weighted by Crippen LogP contribution is 2.42. The summed E-state index contributed by atoms with van der Waals surface area (Å²) in [6.07, 6.45) is 0. The highest BCUT2D eigenvalue weighted by molar-refractivity contribution is 8.00. The summed E-state index contributed by atoms with van der Waals surface area (Å²) in [5, 5.41) is 2.39. The molecule has 1 aliphatic heterocycles. The van der Waals surface area contributed by atoms with Crippen LogP contribution in [0.4, 0.5) is 20.2 Å². The average Bonchev–Trinajstić information content (AvgIpc) is 3.10. The zero-order chi connectivity index (χ0) is 20.4. The van der Waals surface area contributed by atoms with Gasteiger partial charge in [-0.25, -0.2) is 8.78 Å². The van der Waals surface area contributed by atoms with Gasteiger partial charge in [-0.1, -0.05) is 30.3 Å². The van der Waals surface area contributed by atoms with Gasteiger partial charge in [-0.2, -0.15) is 0 Å². The van der Waals surface area contributed by atoms with Crippen molar-refractivity contribution >= 4 is 35.0 Å². The number of hydrogen-bond donors (Lipinski definition) is 1. The number of carbonyl (C=O) groups excluding carboxylic acids is 2. The summed E-state index contributed by atoms with van der Waals surface area (Å²) in [5.41, 5.74) is 1.98. The Labute approximate surface area is 170 Å². The van der Waals surface area contributed by atoms with Crippen molar-refractivity contribution in [1.29, 1.82) is 0 Å². The number of nitrogens with one attached hydrogen (secondary N) is 1. The number of benzene rings is 3. The van der Waals surface area contributed by atoms with E-state index in [2.05, 4.69) is 5.32 Å². The number of nitrogens with zero attached hydrogens (tertiary/aromatic N) is 1.